The summed E-state index contributed by atoms with van der Waals surface area (Å²) < 4.78 is 0. The molecule has 14 aromatic rings. The third-order valence-corrected chi connectivity index (χ3v) is 15.2. The average Bonchev–Trinajstić information content (AvgIpc) is 3.54. The number of para-hydroxylation sites is 2. The largest absolute Gasteiger partial charge is 0.310 e. The van der Waals surface area contributed by atoms with Gasteiger partial charge in [-0.1, -0.05) is 218 Å². The molecule has 0 N–H and O–H groups in total. The van der Waals surface area contributed by atoms with E-state index in [1.165, 1.54) is 70.6 Å². The SMILES string of the molecule is c1ccc(N(c2ccc(-c3ccc(-c4ccc(N(c5ccc6c(ccc7cc(N(c8ccccc8)c8cccc9ccccc89)ccc76)c5)c5cccc6ccccc56)cc4)cc3)cc2)c2cccc3ccccc23)cc1. The molecule has 14 aromatic carbocycles. The van der Waals surface area contributed by atoms with Gasteiger partial charge in [0, 0.05) is 50.3 Å². The first-order chi connectivity index (χ1) is 38.2. The molecule has 0 radical (unpaired) electrons. The number of fused-ring (bicyclic) bond motifs is 6. The van der Waals surface area contributed by atoms with Crippen molar-refractivity contribution in [2.45, 2.75) is 0 Å². The zero-order valence-corrected chi connectivity index (χ0v) is 42.3. The van der Waals surface area contributed by atoms with Crippen LogP contribution in [0.2, 0.25) is 0 Å². The van der Waals surface area contributed by atoms with Gasteiger partial charge in [0.2, 0.25) is 0 Å². The Balaban J connectivity index is 0.778. The predicted octanol–water partition coefficient (Wildman–Crippen LogP) is 21.2. The van der Waals surface area contributed by atoms with Crippen molar-refractivity contribution in [1.82, 2.24) is 0 Å². The van der Waals surface area contributed by atoms with E-state index < -0.39 is 0 Å². The van der Waals surface area contributed by atoms with Crippen LogP contribution < -0.4 is 14.7 Å². The number of hydrogen-bond acceptors (Lipinski definition) is 3. The lowest BCUT2D eigenvalue weighted by Crippen LogP contribution is -2.10. The maximum Gasteiger partial charge on any atom is 0.0540 e. The van der Waals surface area contributed by atoms with Gasteiger partial charge in [0.1, 0.15) is 0 Å². The van der Waals surface area contributed by atoms with E-state index in [9.17, 15) is 0 Å². The summed E-state index contributed by atoms with van der Waals surface area (Å²) in [6.45, 7) is 0. The van der Waals surface area contributed by atoms with Gasteiger partial charge in [0.25, 0.3) is 0 Å². The zero-order chi connectivity index (χ0) is 51.1. The molecule has 0 aliphatic heterocycles. The Bertz CT molecular complexity index is 4420. The van der Waals surface area contributed by atoms with Crippen LogP contribution in [-0.2, 0) is 0 Å². The third kappa shape index (κ3) is 8.47. The fourth-order valence-electron chi connectivity index (χ4n) is 11.4. The van der Waals surface area contributed by atoms with Crippen molar-refractivity contribution >= 4 is 105 Å². The lowest BCUT2D eigenvalue weighted by Gasteiger charge is -2.28. The molecule has 0 aliphatic rings. The van der Waals surface area contributed by atoms with E-state index in [-0.39, 0.29) is 0 Å². The first-order valence-corrected chi connectivity index (χ1v) is 26.4. The molecule has 0 saturated carbocycles. The molecule has 3 heteroatoms. The van der Waals surface area contributed by atoms with E-state index in [2.05, 4.69) is 324 Å². The number of rotatable bonds is 11. The van der Waals surface area contributed by atoms with Crippen LogP contribution in [0.3, 0.4) is 0 Å². The molecule has 0 heterocycles. The van der Waals surface area contributed by atoms with Crippen molar-refractivity contribution in [1.29, 1.82) is 0 Å². The average molecular weight is 982 g/mol. The Morgan fingerprint density at radius 1 is 0.156 bits per heavy atom. The highest BCUT2D eigenvalue weighted by Crippen LogP contribution is 2.45. The fourth-order valence-corrected chi connectivity index (χ4v) is 11.4. The molecular formula is C74H51N3. The number of nitrogens with zero attached hydrogens (tertiary/aromatic N) is 3. The maximum atomic E-state index is 2.41. The minimum absolute atomic E-state index is 1.09. The summed E-state index contributed by atoms with van der Waals surface area (Å²) in [5, 5.41) is 12.1. The van der Waals surface area contributed by atoms with Crippen LogP contribution in [0.4, 0.5) is 51.2 Å². The van der Waals surface area contributed by atoms with Gasteiger partial charge in [-0.3, -0.25) is 0 Å². The van der Waals surface area contributed by atoms with Crippen LogP contribution >= 0.6 is 0 Å². The minimum Gasteiger partial charge on any atom is -0.310 e. The van der Waals surface area contributed by atoms with Crippen molar-refractivity contribution in [3.05, 3.63) is 309 Å². The van der Waals surface area contributed by atoms with E-state index >= 15 is 0 Å². The minimum atomic E-state index is 1.09. The first-order valence-electron chi connectivity index (χ1n) is 26.4. The summed E-state index contributed by atoms with van der Waals surface area (Å²) in [4.78, 5) is 7.14. The van der Waals surface area contributed by atoms with Crippen molar-refractivity contribution < 1.29 is 0 Å². The lowest BCUT2D eigenvalue weighted by molar-refractivity contribution is 1.30. The second kappa shape index (κ2) is 19.6. The van der Waals surface area contributed by atoms with Crippen LogP contribution in [0.5, 0.6) is 0 Å². The molecule has 77 heavy (non-hydrogen) atoms. The van der Waals surface area contributed by atoms with Crippen LogP contribution in [-0.4, -0.2) is 0 Å². The summed E-state index contributed by atoms with van der Waals surface area (Å²) in [5.74, 6) is 0. The molecule has 3 nitrogen and oxygen atoms in total. The Morgan fingerprint density at radius 3 is 0.792 bits per heavy atom. The summed E-state index contributed by atoms with van der Waals surface area (Å²) >= 11 is 0. The molecule has 0 aliphatic carbocycles. The Morgan fingerprint density at radius 2 is 0.429 bits per heavy atom. The fraction of sp³-hybridized carbons (Fsp3) is 0. The van der Waals surface area contributed by atoms with Crippen molar-refractivity contribution in [2.75, 3.05) is 14.7 Å². The predicted molar refractivity (Wildman–Crippen MR) is 329 cm³/mol. The second-order valence-electron chi connectivity index (χ2n) is 19.7. The van der Waals surface area contributed by atoms with E-state index in [0.29, 0.717) is 0 Å². The van der Waals surface area contributed by atoms with Crippen LogP contribution in [0.1, 0.15) is 0 Å². The number of benzene rings is 14. The molecule has 0 aromatic heterocycles. The van der Waals surface area contributed by atoms with Gasteiger partial charge in [-0.05, 0) is 151 Å². The van der Waals surface area contributed by atoms with E-state index in [1.54, 1.807) is 0 Å². The van der Waals surface area contributed by atoms with Crippen molar-refractivity contribution in [3.63, 3.8) is 0 Å². The van der Waals surface area contributed by atoms with Crippen LogP contribution in [0.15, 0.2) is 309 Å². The van der Waals surface area contributed by atoms with E-state index in [0.717, 1.165) is 56.7 Å². The van der Waals surface area contributed by atoms with Gasteiger partial charge in [0.15, 0.2) is 0 Å². The number of anilines is 9. The van der Waals surface area contributed by atoms with Gasteiger partial charge in [-0.15, -0.1) is 0 Å². The highest BCUT2D eigenvalue weighted by atomic mass is 15.2. The summed E-state index contributed by atoms with van der Waals surface area (Å²) in [6.07, 6.45) is 0. The molecule has 0 saturated heterocycles. The molecule has 0 unspecified atom stereocenters. The molecule has 14 rings (SSSR count). The molecule has 0 atom stereocenters. The standard InChI is InChI=1S/C74H51N3/c1-3-22-61(23-4-1)75(72-29-13-19-56-16-7-10-26-69(56)72)63-42-38-54(39-43-63)52-32-34-53(35-33-52)55-40-44-64(45-41-55)77(74-31-15-21-58-18-9-12-28-71(58)74)66-47-49-68-60(51-66)37-36-59-50-65(46-48-67(59)68)76(62-24-5-2-6-25-62)73-30-14-20-57-17-8-11-27-70(57)73/h1-51H. The van der Waals surface area contributed by atoms with Gasteiger partial charge in [-0.25, -0.2) is 0 Å². The second-order valence-corrected chi connectivity index (χ2v) is 19.7. The molecule has 362 valence electrons. The monoisotopic (exact) mass is 981 g/mol. The van der Waals surface area contributed by atoms with Gasteiger partial charge >= 0.3 is 0 Å². The Kier molecular flexibility index (Phi) is 11.5. The van der Waals surface area contributed by atoms with Crippen LogP contribution in [0, 0.1) is 0 Å². The quantitative estimate of drug-likeness (QED) is 0.120. The van der Waals surface area contributed by atoms with Crippen LogP contribution in [0.25, 0.3) is 76.1 Å². The first kappa shape index (κ1) is 45.4. The van der Waals surface area contributed by atoms with E-state index in [4.69, 9.17) is 0 Å². The topological polar surface area (TPSA) is 9.72 Å². The third-order valence-electron chi connectivity index (χ3n) is 15.2. The Hall–Kier alpha value is -10.2. The molecule has 0 bridgehead atoms. The summed E-state index contributed by atoms with van der Waals surface area (Å²) in [5.41, 5.74) is 14.8. The highest BCUT2D eigenvalue weighted by molar-refractivity contribution is 6.11. The summed E-state index contributed by atoms with van der Waals surface area (Å²) in [6, 6.07) is 112. The lowest BCUT2D eigenvalue weighted by atomic mass is 9.98. The number of hydrogen-bond donors (Lipinski definition) is 0. The zero-order valence-electron chi connectivity index (χ0n) is 42.3. The summed E-state index contributed by atoms with van der Waals surface area (Å²) in [7, 11) is 0. The van der Waals surface area contributed by atoms with Gasteiger partial charge < -0.3 is 14.7 Å². The maximum absolute atomic E-state index is 2.41. The Labute approximate surface area is 449 Å². The molecule has 0 amide bonds. The normalized spacial score (nSPS) is 11.4. The van der Waals surface area contributed by atoms with Gasteiger partial charge in [-0.2, -0.15) is 0 Å². The molecule has 0 spiro atoms. The van der Waals surface area contributed by atoms with Crippen molar-refractivity contribution in [3.8, 4) is 22.3 Å². The van der Waals surface area contributed by atoms with Crippen molar-refractivity contribution in [2.24, 2.45) is 0 Å². The smallest absolute Gasteiger partial charge is 0.0540 e. The highest BCUT2D eigenvalue weighted by Gasteiger charge is 2.20. The molecule has 0 fully saturated rings. The molecular weight excluding hydrogens is 931 g/mol. The van der Waals surface area contributed by atoms with E-state index in [1.807, 2.05) is 0 Å². The van der Waals surface area contributed by atoms with Gasteiger partial charge in [0.05, 0.1) is 17.1 Å².